The summed E-state index contributed by atoms with van der Waals surface area (Å²) in [7, 11) is 0. The number of nitrogens with zero attached hydrogens (tertiary/aromatic N) is 2. The summed E-state index contributed by atoms with van der Waals surface area (Å²) < 4.78 is 5.50. The monoisotopic (exact) mass is 373 g/mol. The Balaban J connectivity index is 0.00000144. The molecule has 5 nitrogen and oxygen atoms in total. The molecule has 2 saturated heterocycles. The third-order valence-corrected chi connectivity index (χ3v) is 4.73. The Labute approximate surface area is 155 Å². The minimum atomic E-state index is 0. The van der Waals surface area contributed by atoms with Crippen LogP contribution in [0.15, 0.2) is 18.2 Å². The van der Waals surface area contributed by atoms with E-state index in [0.717, 1.165) is 57.8 Å². The predicted octanol–water partition coefficient (Wildman–Crippen LogP) is 2.48. The van der Waals surface area contributed by atoms with Crippen LogP contribution in [0.4, 0.5) is 0 Å². The van der Waals surface area contributed by atoms with E-state index in [9.17, 15) is 10.4 Å². The molecule has 0 bridgehead atoms. The van der Waals surface area contributed by atoms with E-state index >= 15 is 0 Å². The van der Waals surface area contributed by atoms with Gasteiger partial charge in [0.15, 0.2) is 0 Å². The lowest BCUT2D eigenvalue weighted by molar-refractivity contribution is 0.0206. The molecule has 0 unspecified atom stereocenters. The Morgan fingerprint density at radius 2 is 1.88 bits per heavy atom. The molecule has 0 saturated carbocycles. The molecular weight excluding hydrogens is 349 g/mol. The molecule has 24 heavy (non-hydrogen) atoms. The van der Waals surface area contributed by atoms with Crippen LogP contribution in [-0.4, -0.2) is 49.4 Å². The maximum Gasteiger partial charge on any atom is 0.120 e. The molecule has 3 rings (SSSR count). The number of phenolic OH excluding ortho intramolecular Hbond substituents is 1. The topological polar surface area (TPSA) is 68.5 Å². The summed E-state index contributed by atoms with van der Waals surface area (Å²) in [5.41, 5.74) is 1.51. The van der Waals surface area contributed by atoms with E-state index in [1.165, 1.54) is 0 Å². The number of hydrogen-bond donors (Lipinski definition) is 2. The highest BCUT2D eigenvalue weighted by molar-refractivity contribution is 5.85. The molecule has 0 amide bonds. The molecular formula is C17H25Cl2N3O2. The SMILES string of the molecule is Cl.Cl.N#Cc1ccc(O)c([C@@H](C2CCOCC2)N2CCNCC2)c1. The van der Waals surface area contributed by atoms with Crippen LogP contribution in [0.1, 0.15) is 30.0 Å². The quantitative estimate of drug-likeness (QED) is 0.851. The van der Waals surface area contributed by atoms with Gasteiger partial charge < -0.3 is 15.2 Å². The van der Waals surface area contributed by atoms with Gasteiger partial charge in [0.1, 0.15) is 5.75 Å². The normalized spacial score (nSPS) is 20.3. The van der Waals surface area contributed by atoms with Gasteiger partial charge in [-0.1, -0.05) is 0 Å². The number of nitrogens with one attached hydrogen (secondary N) is 1. The first-order valence-electron chi connectivity index (χ1n) is 8.05. The van der Waals surface area contributed by atoms with E-state index in [0.29, 0.717) is 17.2 Å². The standard InChI is InChI=1S/C17H23N3O2.2ClH/c18-12-13-1-2-16(21)15(11-13)17(14-3-9-22-10-4-14)20-7-5-19-6-8-20;;/h1-2,11,14,17,19,21H,3-10H2;2*1H/t17-;;/m1../s1. The van der Waals surface area contributed by atoms with E-state index in [4.69, 9.17) is 4.74 Å². The predicted molar refractivity (Wildman–Crippen MR) is 98.0 cm³/mol. The molecule has 0 spiro atoms. The fourth-order valence-electron chi connectivity index (χ4n) is 3.60. The van der Waals surface area contributed by atoms with Gasteiger partial charge in [-0.05, 0) is 37.0 Å². The Bertz CT molecular complexity index is 535. The highest BCUT2D eigenvalue weighted by atomic mass is 35.5. The lowest BCUT2D eigenvalue weighted by Gasteiger charge is -2.41. The van der Waals surface area contributed by atoms with Crippen LogP contribution in [-0.2, 0) is 4.74 Å². The van der Waals surface area contributed by atoms with Crippen molar-refractivity contribution in [2.75, 3.05) is 39.4 Å². The number of phenols is 1. The van der Waals surface area contributed by atoms with Gasteiger partial charge in [-0.3, -0.25) is 4.90 Å². The van der Waals surface area contributed by atoms with Crippen molar-refractivity contribution in [3.05, 3.63) is 29.3 Å². The molecule has 2 heterocycles. The van der Waals surface area contributed by atoms with Crippen molar-refractivity contribution in [1.82, 2.24) is 10.2 Å². The fourth-order valence-corrected chi connectivity index (χ4v) is 3.60. The van der Waals surface area contributed by atoms with E-state index in [1.807, 2.05) is 6.07 Å². The van der Waals surface area contributed by atoms with Crippen molar-refractivity contribution in [3.63, 3.8) is 0 Å². The van der Waals surface area contributed by atoms with Gasteiger partial charge in [0.25, 0.3) is 0 Å². The van der Waals surface area contributed by atoms with Crippen LogP contribution in [0.2, 0.25) is 0 Å². The van der Waals surface area contributed by atoms with Gasteiger partial charge >= 0.3 is 0 Å². The summed E-state index contributed by atoms with van der Waals surface area (Å²) >= 11 is 0. The lowest BCUT2D eigenvalue weighted by atomic mass is 9.84. The first-order valence-corrected chi connectivity index (χ1v) is 8.05. The number of hydrogen-bond acceptors (Lipinski definition) is 5. The maximum absolute atomic E-state index is 10.4. The summed E-state index contributed by atoms with van der Waals surface area (Å²) in [5.74, 6) is 0.765. The van der Waals surface area contributed by atoms with Crippen LogP contribution in [0, 0.1) is 17.2 Å². The van der Waals surface area contributed by atoms with E-state index < -0.39 is 0 Å². The first-order chi connectivity index (χ1) is 10.8. The summed E-state index contributed by atoms with van der Waals surface area (Å²) in [4.78, 5) is 2.45. The van der Waals surface area contributed by atoms with Crippen molar-refractivity contribution in [3.8, 4) is 11.8 Å². The summed E-state index contributed by atoms with van der Waals surface area (Å²) in [6.07, 6.45) is 2.01. The van der Waals surface area contributed by atoms with E-state index in [2.05, 4.69) is 16.3 Å². The fraction of sp³-hybridized carbons (Fsp3) is 0.588. The largest absolute Gasteiger partial charge is 0.508 e. The summed E-state index contributed by atoms with van der Waals surface area (Å²) in [5, 5.41) is 22.9. The van der Waals surface area contributed by atoms with Crippen LogP contribution in [0.5, 0.6) is 5.75 Å². The van der Waals surface area contributed by atoms with Crippen molar-refractivity contribution in [2.24, 2.45) is 5.92 Å². The van der Waals surface area contributed by atoms with Gasteiger partial charge in [0, 0.05) is 51.0 Å². The highest BCUT2D eigenvalue weighted by Crippen LogP contribution is 2.39. The average molecular weight is 374 g/mol. The highest BCUT2D eigenvalue weighted by Gasteiger charge is 2.33. The summed E-state index contributed by atoms with van der Waals surface area (Å²) in [6, 6.07) is 7.55. The van der Waals surface area contributed by atoms with Gasteiger partial charge in [0.05, 0.1) is 11.6 Å². The van der Waals surface area contributed by atoms with Crippen molar-refractivity contribution < 1.29 is 9.84 Å². The Hall–Kier alpha value is -1.03. The minimum Gasteiger partial charge on any atom is -0.508 e. The number of nitriles is 1. The number of ether oxygens (including phenoxy) is 1. The molecule has 2 aliphatic heterocycles. The zero-order chi connectivity index (χ0) is 15.4. The molecule has 2 aliphatic rings. The van der Waals surface area contributed by atoms with Gasteiger partial charge in [-0.25, -0.2) is 0 Å². The zero-order valence-electron chi connectivity index (χ0n) is 13.6. The van der Waals surface area contributed by atoms with E-state index in [1.54, 1.807) is 12.1 Å². The molecule has 0 aliphatic carbocycles. The van der Waals surface area contributed by atoms with E-state index in [-0.39, 0.29) is 30.9 Å². The molecule has 7 heteroatoms. The number of benzene rings is 1. The second-order valence-corrected chi connectivity index (χ2v) is 6.07. The molecule has 134 valence electrons. The molecule has 2 N–H and O–H groups in total. The van der Waals surface area contributed by atoms with Crippen LogP contribution in [0.25, 0.3) is 0 Å². The van der Waals surface area contributed by atoms with Gasteiger partial charge in [-0.15, -0.1) is 24.8 Å². The Kier molecular flexibility index (Phi) is 8.82. The lowest BCUT2D eigenvalue weighted by Crippen LogP contribution is -2.47. The molecule has 0 radical (unpaired) electrons. The minimum absolute atomic E-state index is 0. The molecule has 1 aromatic rings. The van der Waals surface area contributed by atoms with Crippen molar-refractivity contribution >= 4 is 24.8 Å². The zero-order valence-corrected chi connectivity index (χ0v) is 15.2. The Morgan fingerprint density at radius 3 is 2.50 bits per heavy atom. The van der Waals surface area contributed by atoms with Crippen LogP contribution in [0.3, 0.4) is 0 Å². The van der Waals surface area contributed by atoms with Gasteiger partial charge in [-0.2, -0.15) is 5.26 Å². The average Bonchev–Trinajstić information content (AvgIpc) is 2.59. The molecule has 2 fully saturated rings. The third-order valence-electron chi connectivity index (χ3n) is 4.73. The number of aromatic hydroxyl groups is 1. The van der Waals surface area contributed by atoms with Crippen LogP contribution >= 0.6 is 24.8 Å². The number of halogens is 2. The molecule has 0 aromatic heterocycles. The maximum atomic E-state index is 10.4. The Morgan fingerprint density at radius 1 is 1.21 bits per heavy atom. The van der Waals surface area contributed by atoms with Crippen molar-refractivity contribution in [1.29, 1.82) is 5.26 Å². The number of piperazine rings is 1. The second kappa shape index (κ2) is 10.1. The summed E-state index contributed by atoms with van der Waals surface area (Å²) in [6.45, 7) is 5.45. The van der Waals surface area contributed by atoms with Gasteiger partial charge in [0.2, 0.25) is 0 Å². The van der Waals surface area contributed by atoms with Crippen LogP contribution < -0.4 is 5.32 Å². The third kappa shape index (κ3) is 4.75. The molecule has 1 aromatic carbocycles. The smallest absolute Gasteiger partial charge is 0.120 e. The number of rotatable bonds is 3. The van der Waals surface area contributed by atoms with Crippen molar-refractivity contribution in [2.45, 2.75) is 18.9 Å². The molecule has 1 atom stereocenters. The second-order valence-electron chi connectivity index (χ2n) is 6.07. The first kappa shape index (κ1) is 21.0.